The van der Waals surface area contributed by atoms with Gasteiger partial charge in [0.15, 0.2) is 0 Å². The van der Waals surface area contributed by atoms with Crippen LogP contribution >= 0.6 is 0 Å². The van der Waals surface area contributed by atoms with Gasteiger partial charge in [-0.25, -0.2) is 0 Å². The zero-order valence-electron chi connectivity index (χ0n) is 7.48. The average molecular weight is 141 g/mol. The number of rotatable bonds is 3. The van der Waals surface area contributed by atoms with Gasteiger partial charge in [0.2, 0.25) is 0 Å². The van der Waals surface area contributed by atoms with E-state index in [0.717, 1.165) is 0 Å². The van der Waals surface area contributed by atoms with Gasteiger partial charge in [-0.2, -0.15) is 0 Å². The largest absolute Gasteiger partial charge is 0.302 e. The van der Waals surface area contributed by atoms with Crippen LogP contribution in [-0.2, 0) is 0 Å². The van der Waals surface area contributed by atoms with Crippen LogP contribution < -0.4 is 0 Å². The fraction of sp³-hybridized carbons (Fsp3) is 1.00. The minimum atomic E-state index is 0.662. The van der Waals surface area contributed by atoms with E-state index < -0.39 is 0 Å². The number of nitrogens with zero attached hydrogens (tertiary/aromatic N) is 1. The van der Waals surface area contributed by atoms with Crippen molar-refractivity contribution >= 4 is 0 Å². The Kier molecular flexibility index (Phi) is 2.35. The Morgan fingerprint density at radius 3 is 2.30 bits per heavy atom. The molecule has 1 heterocycles. The van der Waals surface area contributed by atoms with E-state index in [4.69, 9.17) is 0 Å². The molecule has 1 rings (SSSR count). The highest BCUT2D eigenvalue weighted by molar-refractivity contribution is 4.89. The molecule has 0 radical (unpaired) electrons. The number of hydrogen-bond acceptors (Lipinski definition) is 1. The molecule has 0 aromatic rings. The lowest BCUT2D eigenvalue weighted by atomic mass is 9.79. The molecule has 0 N–H and O–H groups in total. The Labute approximate surface area is 64.4 Å². The zero-order chi connectivity index (χ0) is 7.61. The van der Waals surface area contributed by atoms with Gasteiger partial charge in [-0.05, 0) is 24.8 Å². The Balaban J connectivity index is 2.16. The summed E-state index contributed by atoms with van der Waals surface area (Å²) in [4.78, 5) is 2.55. The summed E-state index contributed by atoms with van der Waals surface area (Å²) in [6, 6.07) is 0. The molecule has 1 aliphatic heterocycles. The third kappa shape index (κ3) is 1.51. The maximum absolute atomic E-state index is 2.55. The van der Waals surface area contributed by atoms with E-state index in [9.17, 15) is 0 Å². The Hall–Kier alpha value is -0.0400. The van der Waals surface area contributed by atoms with Crippen LogP contribution in [0.2, 0.25) is 0 Å². The summed E-state index contributed by atoms with van der Waals surface area (Å²) >= 11 is 0. The van der Waals surface area contributed by atoms with Gasteiger partial charge in [0.05, 0.1) is 0 Å². The lowest BCUT2D eigenvalue weighted by Gasteiger charge is -2.47. The number of hydrogen-bond donors (Lipinski definition) is 0. The van der Waals surface area contributed by atoms with Gasteiger partial charge in [0.1, 0.15) is 0 Å². The molecule has 0 unspecified atom stereocenters. The summed E-state index contributed by atoms with van der Waals surface area (Å²) in [5, 5.41) is 0. The van der Waals surface area contributed by atoms with Crippen molar-refractivity contribution in [3.63, 3.8) is 0 Å². The predicted molar refractivity (Wildman–Crippen MR) is 45.1 cm³/mol. The van der Waals surface area contributed by atoms with Crippen molar-refractivity contribution in [1.82, 2.24) is 4.90 Å². The molecule has 0 aromatic heterocycles. The van der Waals surface area contributed by atoms with E-state index in [0.29, 0.717) is 5.41 Å². The molecule has 0 aromatic carbocycles. The molecule has 10 heavy (non-hydrogen) atoms. The van der Waals surface area contributed by atoms with Crippen molar-refractivity contribution in [2.75, 3.05) is 19.6 Å². The smallest absolute Gasteiger partial charge is 0.00477 e. The van der Waals surface area contributed by atoms with Crippen LogP contribution in [0.25, 0.3) is 0 Å². The standard InChI is InChI=1S/C9H19N/c1-4-6-10-7-9(3,5-2)8-10/h4-8H2,1-3H3. The Bertz CT molecular complexity index is 103. The van der Waals surface area contributed by atoms with Gasteiger partial charge in [-0.15, -0.1) is 0 Å². The lowest BCUT2D eigenvalue weighted by Crippen LogP contribution is -2.54. The first-order valence-corrected chi connectivity index (χ1v) is 4.42. The highest BCUT2D eigenvalue weighted by atomic mass is 15.2. The van der Waals surface area contributed by atoms with E-state index in [1.807, 2.05) is 0 Å². The van der Waals surface area contributed by atoms with Crippen molar-refractivity contribution < 1.29 is 0 Å². The summed E-state index contributed by atoms with van der Waals surface area (Å²) in [7, 11) is 0. The lowest BCUT2D eigenvalue weighted by molar-refractivity contribution is 0.0132. The van der Waals surface area contributed by atoms with Crippen molar-refractivity contribution in [2.24, 2.45) is 5.41 Å². The van der Waals surface area contributed by atoms with Gasteiger partial charge in [0.25, 0.3) is 0 Å². The fourth-order valence-corrected chi connectivity index (χ4v) is 1.73. The van der Waals surface area contributed by atoms with Crippen LogP contribution in [0.3, 0.4) is 0 Å². The minimum Gasteiger partial charge on any atom is -0.302 e. The molecule has 1 fully saturated rings. The first kappa shape index (κ1) is 8.06. The molecule has 0 bridgehead atoms. The van der Waals surface area contributed by atoms with Crippen molar-refractivity contribution in [3.8, 4) is 0 Å². The molecule has 0 saturated carbocycles. The van der Waals surface area contributed by atoms with Crippen LogP contribution in [0.15, 0.2) is 0 Å². The maximum atomic E-state index is 2.55. The second-order valence-corrected chi connectivity index (χ2v) is 3.87. The average Bonchev–Trinajstić information content (AvgIpc) is 1.85. The van der Waals surface area contributed by atoms with Crippen molar-refractivity contribution in [1.29, 1.82) is 0 Å². The normalized spacial score (nSPS) is 24.3. The van der Waals surface area contributed by atoms with E-state index in [1.165, 1.54) is 32.5 Å². The van der Waals surface area contributed by atoms with Gasteiger partial charge in [-0.3, -0.25) is 0 Å². The van der Waals surface area contributed by atoms with Crippen LogP contribution in [0.4, 0.5) is 0 Å². The molecule has 1 aliphatic rings. The Morgan fingerprint density at radius 1 is 1.30 bits per heavy atom. The first-order valence-electron chi connectivity index (χ1n) is 4.42. The highest BCUT2D eigenvalue weighted by Crippen LogP contribution is 2.32. The van der Waals surface area contributed by atoms with Crippen LogP contribution in [-0.4, -0.2) is 24.5 Å². The van der Waals surface area contributed by atoms with Gasteiger partial charge in [0, 0.05) is 13.1 Å². The monoisotopic (exact) mass is 141 g/mol. The zero-order valence-corrected chi connectivity index (χ0v) is 7.48. The molecular formula is C9H19N. The van der Waals surface area contributed by atoms with E-state index in [2.05, 4.69) is 25.7 Å². The van der Waals surface area contributed by atoms with Crippen LogP contribution in [0.1, 0.15) is 33.6 Å². The third-order valence-electron chi connectivity index (χ3n) is 2.60. The number of likely N-dealkylation sites (tertiary alicyclic amines) is 1. The minimum absolute atomic E-state index is 0.662. The summed E-state index contributed by atoms with van der Waals surface area (Å²) in [6.07, 6.45) is 2.65. The summed E-state index contributed by atoms with van der Waals surface area (Å²) in [5.74, 6) is 0. The third-order valence-corrected chi connectivity index (χ3v) is 2.60. The van der Waals surface area contributed by atoms with Crippen LogP contribution in [0.5, 0.6) is 0 Å². The topological polar surface area (TPSA) is 3.24 Å². The molecule has 1 nitrogen and oxygen atoms in total. The summed E-state index contributed by atoms with van der Waals surface area (Å²) in [6.45, 7) is 10.9. The van der Waals surface area contributed by atoms with E-state index in [-0.39, 0.29) is 0 Å². The van der Waals surface area contributed by atoms with Crippen LogP contribution in [0, 0.1) is 5.41 Å². The predicted octanol–water partition coefficient (Wildman–Crippen LogP) is 2.13. The molecular weight excluding hydrogens is 122 g/mol. The maximum Gasteiger partial charge on any atom is 0.00477 e. The summed E-state index contributed by atoms with van der Waals surface area (Å²) in [5.41, 5.74) is 0.662. The fourth-order valence-electron chi connectivity index (χ4n) is 1.73. The summed E-state index contributed by atoms with van der Waals surface area (Å²) < 4.78 is 0. The highest BCUT2D eigenvalue weighted by Gasteiger charge is 2.35. The van der Waals surface area contributed by atoms with Crippen molar-refractivity contribution in [2.45, 2.75) is 33.6 Å². The molecule has 1 heteroatoms. The van der Waals surface area contributed by atoms with Crippen molar-refractivity contribution in [3.05, 3.63) is 0 Å². The molecule has 0 aliphatic carbocycles. The molecule has 1 saturated heterocycles. The van der Waals surface area contributed by atoms with Gasteiger partial charge in [-0.1, -0.05) is 20.8 Å². The SMILES string of the molecule is CCCN1CC(C)(CC)C1. The second kappa shape index (κ2) is 2.91. The molecule has 0 atom stereocenters. The molecule has 60 valence electrons. The first-order chi connectivity index (χ1) is 4.70. The Morgan fingerprint density at radius 2 is 1.90 bits per heavy atom. The molecule has 0 amide bonds. The molecule has 0 spiro atoms. The quantitative estimate of drug-likeness (QED) is 0.582. The van der Waals surface area contributed by atoms with Gasteiger partial charge < -0.3 is 4.90 Å². The second-order valence-electron chi connectivity index (χ2n) is 3.87. The van der Waals surface area contributed by atoms with E-state index >= 15 is 0 Å². The van der Waals surface area contributed by atoms with Gasteiger partial charge >= 0.3 is 0 Å². The van der Waals surface area contributed by atoms with E-state index in [1.54, 1.807) is 0 Å².